The first-order chi connectivity index (χ1) is 7.86. The van der Waals surface area contributed by atoms with Gasteiger partial charge in [-0.3, -0.25) is 0 Å². The van der Waals surface area contributed by atoms with Gasteiger partial charge in [-0.15, -0.1) is 0 Å². The van der Waals surface area contributed by atoms with E-state index in [9.17, 15) is 0 Å². The van der Waals surface area contributed by atoms with Crippen LogP contribution >= 0.6 is 0 Å². The summed E-state index contributed by atoms with van der Waals surface area (Å²) in [5.41, 5.74) is 0. The van der Waals surface area contributed by atoms with E-state index in [1.165, 1.54) is 44.9 Å². The summed E-state index contributed by atoms with van der Waals surface area (Å²) in [6.45, 7) is 8.15. The zero-order valence-electron chi connectivity index (χ0n) is 10.9. The summed E-state index contributed by atoms with van der Waals surface area (Å²) in [6.07, 6.45) is 12.7. The van der Waals surface area contributed by atoms with E-state index in [1.54, 1.807) is 0 Å². The summed E-state index contributed by atoms with van der Waals surface area (Å²) in [4.78, 5) is 0. The van der Waals surface area contributed by atoms with Crippen molar-refractivity contribution >= 4 is 0 Å². The SMILES string of the molecule is [CH2]CC1C[CH]C(CCOCCCCCC)C1. The molecule has 0 aliphatic heterocycles. The van der Waals surface area contributed by atoms with E-state index in [1.807, 2.05) is 0 Å². The third kappa shape index (κ3) is 5.89. The van der Waals surface area contributed by atoms with Gasteiger partial charge in [0.05, 0.1) is 0 Å². The molecule has 1 heteroatoms. The highest BCUT2D eigenvalue weighted by atomic mass is 16.5. The molecule has 2 radical (unpaired) electrons. The summed E-state index contributed by atoms with van der Waals surface area (Å²) in [5, 5.41) is 0. The highest BCUT2D eigenvalue weighted by Gasteiger charge is 2.22. The maximum absolute atomic E-state index is 5.68. The zero-order valence-corrected chi connectivity index (χ0v) is 10.9. The van der Waals surface area contributed by atoms with Gasteiger partial charge in [0.2, 0.25) is 0 Å². The number of unbranched alkanes of at least 4 members (excludes halogenated alkanes) is 3. The van der Waals surface area contributed by atoms with Crippen molar-refractivity contribution in [1.82, 2.24) is 0 Å². The number of rotatable bonds is 9. The Balaban J connectivity index is 1.84. The first kappa shape index (κ1) is 14.0. The summed E-state index contributed by atoms with van der Waals surface area (Å²) in [6, 6.07) is 0. The van der Waals surface area contributed by atoms with Crippen LogP contribution in [0.4, 0.5) is 0 Å². The van der Waals surface area contributed by atoms with Crippen LogP contribution < -0.4 is 0 Å². The largest absolute Gasteiger partial charge is 0.381 e. The van der Waals surface area contributed by atoms with Crippen LogP contribution in [0.15, 0.2) is 0 Å². The standard InChI is InChI=1S/C15H28O/c1-3-5-6-7-11-16-12-10-15-9-8-14(4-2)13-15/h9,14-15H,2-8,10-13H2,1H3. The predicted octanol–water partition coefficient (Wildman–Crippen LogP) is 4.43. The van der Waals surface area contributed by atoms with Crippen LogP contribution in [0.5, 0.6) is 0 Å². The van der Waals surface area contributed by atoms with Crippen LogP contribution in [0.2, 0.25) is 0 Å². The van der Waals surface area contributed by atoms with Crippen LogP contribution in [-0.2, 0) is 4.74 Å². The summed E-state index contributed by atoms with van der Waals surface area (Å²) in [7, 11) is 0. The first-order valence-electron chi connectivity index (χ1n) is 7.07. The second-order valence-electron chi connectivity index (χ2n) is 5.08. The first-order valence-corrected chi connectivity index (χ1v) is 7.07. The topological polar surface area (TPSA) is 9.23 Å². The lowest BCUT2D eigenvalue weighted by Crippen LogP contribution is -2.04. The van der Waals surface area contributed by atoms with Gasteiger partial charge in [0.25, 0.3) is 0 Å². The lowest BCUT2D eigenvalue weighted by Gasteiger charge is -2.10. The molecule has 0 aromatic rings. The van der Waals surface area contributed by atoms with Crippen molar-refractivity contribution in [2.24, 2.45) is 11.8 Å². The minimum Gasteiger partial charge on any atom is -0.381 e. The van der Waals surface area contributed by atoms with Gasteiger partial charge in [0, 0.05) is 13.2 Å². The molecule has 0 aromatic heterocycles. The van der Waals surface area contributed by atoms with E-state index in [0.717, 1.165) is 31.5 Å². The van der Waals surface area contributed by atoms with Crippen LogP contribution in [-0.4, -0.2) is 13.2 Å². The predicted molar refractivity (Wildman–Crippen MR) is 70.1 cm³/mol. The van der Waals surface area contributed by atoms with E-state index >= 15 is 0 Å². The van der Waals surface area contributed by atoms with Gasteiger partial charge in [0.1, 0.15) is 0 Å². The number of hydrogen-bond acceptors (Lipinski definition) is 1. The van der Waals surface area contributed by atoms with Gasteiger partial charge in [-0.05, 0) is 43.9 Å². The van der Waals surface area contributed by atoms with E-state index in [0.29, 0.717) is 0 Å². The molecule has 0 bridgehead atoms. The van der Waals surface area contributed by atoms with Crippen molar-refractivity contribution in [2.45, 2.75) is 58.3 Å². The molecule has 2 atom stereocenters. The Hall–Kier alpha value is -0.0400. The van der Waals surface area contributed by atoms with Crippen LogP contribution in [0.1, 0.15) is 58.3 Å². The Morgan fingerprint density at radius 3 is 2.81 bits per heavy atom. The van der Waals surface area contributed by atoms with Crippen molar-refractivity contribution in [2.75, 3.05) is 13.2 Å². The summed E-state index contributed by atoms with van der Waals surface area (Å²) < 4.78 is 5.68. The highest BCUT2D eigenvalue weighted by Crippen LogP contribution is 2.33. The molecular formula is C15H28O. The molecule has 0 aromatic carbocycles. The third-order valence-electron chi connectivity index (χ3n) is 3.62. The fourth-order valence-corrected chi connectivity index (χ4v) is 2.44. The second kappa shape index (κ2) is 9.04. The molecule has 1 aliphatic rings. The molecular weight excluding hydrogens is 196 g/mol. The molecule has 2 unspecified atom stereocenters. The monoisotopic (exact) mass is 224 g/mol. The summed E-state index contributed by atoms with van der Waals surface area (Å²) in [5.74, 6) is 1.66. The maximum atomic E-state index is 5.68. The minimum absolute atomic E-state index is 0.808. The fraction of sp³-hybridized carbons (Fsp3) is 0.867. The van der Waals surface area contributed by atoms with Gasteiger partial charge in [-0.2, -0.15) is 0 Å². The Morgan fingerprint density at radius 2 is 2.12 bits per heavy atom. The smallest absolute Gasteiger partial charge is 0.0468 e. The van der Waals surface area contributed by atoms with E-state index in [4.69, 9.17) is 4.74 Å². The zero-order chi connectivity index (χ0) is 11.6. The maximum Gasteiger partial charge on any atom is 0.0468 e. The van der Waals surface area contributed by atoms with Crippen molar-refractivity contribution in [3.05, 3.63) is 13.3 Å². The average molecular weight is 224 g/mol. The van der Waals surface area contributed by atoms with E-state index in [2.05, 4.69) is 20.3 Å². The molecule has 0 saturated heterocycles. The molecule has 1 nitrogen and oxygen atoms in total. The van der Waals surface area contributed by atoms with Crippen molar-refractivity contribution in [3.8, 4) is 0 Å². The Bertz CT molecular complexity index is 156. The molecule has 0 N–H and O–H groups in total. The van der Waals surface area contributed by atoms with Gasteiger partial charge in [-0.1, -0.05) is 39.5 Å². The minimum atomic E-state index is 0.808. The molecule has 0 amide bonds. The number of ether oxygens (including phenoxy) is 1. The molecule has 1 aliphatic carbocycles. The van der Waals surface area contributed by atoms with Gasteiger partial charge < -0.3 is 4.74 Å². The van der Waals surface area contributed by atoms with Gasteiger partial charge in [-0.25, -0.2) is 0 Å². The number of hydrogen-bond donors (Lipinski definition) is 0. The average Bonchev–Trinajstić information content (AvgIpc) is 2.76. The molecule has 1 saturated carbocycles. The molecule has 1 fully saturated rings. The quantitative estimate of drug-likeness (QED) is 0.526. The van der Waals surface area contributed by atoms with Crippen LogP contribution in [0.25, 0.3) is 0 Å². The summed E-state index contributed by atoms with van der Waals surface area (Å²) >= 11 is 0. The lowest BCUT2D eigenvalue weighted by molar-refractivity contribution is 0.119. The van der Waals surface area contributed by atoms with Crippen molar-refractivity contribution in [3.63, 3.8) is 0 Å². The van der Waals surface area contributed by atoms with Gasteiger partial charge >= 0.3 is 0 Å². The molecule has 0 spiro atoms. The molecule has 0 heterocycles. The Morgan fingerprint density at radius 1 is 1.25 bits per heavy atom. The molecule has 16 heavy (non-hydrogen) atoms. The van der Waals surface area contributed by atoms with Crippen molar-refractivity contribution < 1.29 is 4.74 Å². The lowest BCUT2D eigenvalue weighted by atomic mass is 10.0. The van der Waals surface area contributed by atoms with Gasteiger partial charge in [0.15, 0.2) is 0 Å². The fourth-order valence-electron chi connectivity index (χ4n) is 2.44. The normalized spacial score (nSPS) is 25.1. The highest BCUT2D eigenvalue weighted by molar-refractivity contribution is 4.89. The molecule has 94 valence electrons. The third-order valence-corrected chi connectivity index (χ3v) is 3.62. The van der Waals surface area contributed by atoms with E-state index in [-0.39, 0.29) is 0 Å². The molecule has 1 rings (SSSR count). The Kier molecular flexibility index (Phi) is 7.92. The van der Waals surface area contributed by atoms with Crippen molar-refractivity contribution in [1.29, 1.82) is 0 Å². The second-order valence-corrected chi connectivity index (χ2v) is 5.08. The Labute approximate surface area is 102 Å². The van der Waals surface area contributed by atoms with Crippen LogP contribution in [0, 0.1) is 25.2 Å². The van der Waals surface area contributed by atoms with Crippen LogP contribution in [0.3, 0.4) is 0 Å². The van der Waals surface area contributed by atoms with E-state index < -0.39 is 0 Å².